The molecule has 2 amide bonds. The molecular weight excluding hydrogens is 398 g/mol. The summed E-state index contributed by atoms with van der Waals surface area (Å²) in [4.78, 5) is 35.4. The lowest BCUT2D eigenvalue weighted by Crippen LogP contribution is -2.43. The third-order valence-electron chi connectivity index (χ3n) is 5.13. The van der Waals surface area contributed by atoms with Gasteiger partial charge in [-0.2, -0.15) is 4.31 Å². The molecule has 1 atom stereocenters. The van der Waals surface area contributed by atoms with Crippen LogP contribution in [0.1, 0.15) is 56.3 Å². The third-order valence-corrected chi connectivity index (χ3v) is 7.03. The van der Waals surface area contributed by atoms with Crippen LogP contribution in [0.2, 0.25) is 0 Å². The number of carboxylic acid groups (broad SMARTS) is 1. The molecule has 0 spiro atoms. The van der Waals surface area contributed by atoms with E-state index >= 15 is 0 Å². The normalized spacial score (nSPS) is 16.8. The molecule has 0 radical (unpaired) electrons. The Morgan fingerprint density at radius 2 is 1.79 bits per heavy atom. The zero-order chi connectivity index (χ0) is 21.7. The number of hydrogen-bond acceptors (Lipinski definition) is 5. The summed E-state index contributed by atoms with van der Waals surface area (Å²) < 4.78 is 26.6. The molecule has 1 aliphatic heterocycles. The van der Waals surface area contributed by atoms with Crippen LogP contribution < -0.4 is 10.9 Å². The summed E-state index contributed by atoms with van der Waals surface area (Å²) in [7, 11) is -3.65. The van der Waals surface area contributed by atoms with Gasteiger partial charge in [0, 0.05) is 25.1 Å². The van der Waals surface area contributed by atoms with Gasteiger partial charge in [0.15, 0.2) is 0 Å². The molecule has 29 heavy (non-hydrogen) atoms. The highest BCUT2D eigenvalue weighted by Crippen LogP contribution is 2.29. The first-order valence-electron chi connectivity index (χ1n) is 9.48. The number of hydrazine groups is 1. The molecule has 1 fully saturated rings. The van der Waals surface area contributed by atoms with Gasteiger partial charge in [-0.25, -0.2) is 8.42 Å². The van der Waals surface area contributed by atoms with E-state index in [4.69, 9.17) is 5.11 Å². The Bertz CT molecular complexity index is 880. The van der Waals surface area contributed by atoms with Gasteiger partial charge in [-0.1, -0.05) is 19.9 Å². The smallest absolute Gasteiger partial charge is 0.303 e. The van der Waals surface area contributed by atoms with Crippen molar-refractivity contribution in [1.82, 2.24) is 15.2 Å². The average Bonchev–Trinajstić information content (AvgIpc) is 3.21. The van der Waals surface area contributed by atoms with Crippen molar-refractivity contribution in [2.75, 3.05) is 13.1 Å². The van der Waals surface area contributed by atoms with E-state index < -0.39 is 33.2 Å². The summed E-state index contributed by atoms with van der Waals surface area (Å²) in [5.41, 5.74) is 3.88. The van der Waals surface area contributed by atoms with Crippen molar-refractivity contribution >= 4 is 27.8 Å². The Labute approximate surface area is 170 Å². The van der Waals surface area contributed by atoms with Gasteiger partial charge in [0.1, 0.15) is 0 Å². The number of nitrogens with one attached hydrogen (secondary N) is 2. The van der Waals surface area contributed by atoms with Crippen molar-refractivity contribution in [1.29, 1.82) is 0 Å². The maximum Gasteiger partial charge on any atom is 0.303 e. The minimum absolute atomic E-state index is 0.0263. The van der Waals surface area contributed by atoms with Crippen molar-refractivity contribution in [3.8, 4) is 0 Å². The Balaban J connectivity index is 2.01. The molecule has 2 rings (SSSR count). The van der Waals surface area contributed by atoms with E-state index in [9.17, 15) is 22.8 Å². The number of rotatable bonds is 8. The van der Waals surface area contributed by atoms with E-state index in [0.29, 0.717) is 19.5 Å². The van der Waals surface area contributed by atoms with E-state index in [-0.39, 0.29) is 23.3 Å². The van der Waals surface area contributed by atoms with Gasteiger partial charge < -0.3 is 5.11 Å². The zero-order valence-electron chi connectivity index (χ0n) is 16.6. The Morgan fingerprint density at radius 3 is 2.38 bits per heavy atom. The molecule has 0 bridgehead atoms. The molecule has 1 aromatic carbocycles. The lowest BCUT2D eigenvalue weighted by molar-refractivity contribution is -0.140. The number of carbonyl (C=O) groups is 3. The van der Waals surface area contributed by atoms with Crippen LogP contribution in [0.5, 0.6) is 0 Å². The summed E-state index contributed by atoms with van der Waals surface area (Å²) in [6.45, 7) is 4.40. The van der Waals surface area contributed by atoms with E-state index in [1.165, 1.54) is 28.6 Å². The third kappa shape index (κ3) is 6.01. The Kier molecular flexibility index (Phi) is 7.37. The van der Waals surface area contributed by atoms with Crippen LogP contribution in [-0.2, 0) is 19.6 Å². The number of aliphatic carboxylic acids is 1. The Morgan fingerprint density at radius 1 is 1.14 bits per heavy atom. The number of benzene rings is 1. The molecule has 0 saturated carbocycles. The predicted molar refractivity (Wildman–Crippen MR) is 105 cm³/mol. The fourth-order valence-electron chi connectivity index (χ4n) is 3.18. The molecule has 9 nitrogen and oxygen atoms in total. The van der Waals surface area contributed by atoms with Gasteiger partial charge in [0.2, 0.25) is 15.9 Å². The van der Waals surface area contributed by atoms with Crippen molar-refractivity contribution < 1.29 is 27.9 Å². The SMILES string of the molecule is CC[C@](C)(CC(=O)O)CC(=O)NNC(=O)c1cccc(S(=O)(=O)N2CCCC2)c1. The molecule has 160 valence electrons. The topological polar surface area (TPSA) is 133 Å². The number of carboxylic acids is 1. The number of hydrogen-bond donors (Lipinski definition) is 3. The molecule has 1 aromatic rings. The van der Waals surface area contributed by atoms with Gasteiger partial charge in [-0.15, -0.1) is 0 Å². The number of carbonyl (C=O) groups excluding carboxylic acids is 2. The van der Waals surface area contributed by atoms with Crippen LogP contribution in [0, 0.1) is 5.41 Å². The molecule has 0 aliphatic carbocycles. The van der Waals surface area contributed by atoms with Crippen LogP contribution in [0.4, 0.5) is 0 Å². The number of nitrogens with zero attached hydrogens (tertiary/aromatic N) is 1. The second-order valence-electron chi connectivity index (χ2n) is 7.55. The van der Waals surface area contributed by atoms with Crippen LogP contribution in [0.25, 0.3) is 0 Å². The first-order valence-corrected chi connectivity index (χ1v) is 10.9. The first kappa shape index (κ1) is 22.8. The molecule has 0 unspecified atom stereocenters. The second-order valence-corrected chi connectivity index (χ2v) is 9.49. The molecule has 10 heteroatoms. The van der Waals surface area contributed by atoms with Crippen molar-refractivity contribution in [2.45, 2.75) is 50.8 Å². The van der Waals surface area contributed by atoms with Crippen LogP contribution in [0.3, 0.4) is 0 Å². The summed E-state index contributed by atoms with van der Waals surface area (Å²) in [5, 5.41) is 8.98. The Hall–Kier alpha value is -2.46. The van der Waals surface area contributed by atoms with Crippen LogP contribution >= 0.6 is 0 Å². The molecule has 3 N–H and O–H groups in total. The highest BCUT2D eigenvalue weighted by molar-refractivity contribution is 7.89. The average molecular weight is 426 g/mol. The summed E-state index contributed by atoms with van der Waals surface area (Å²) in [6, 6.07) is 5.63. The van der Waals surface area contributed by atoms with Crippen LogP contribution in [0.15, 0.2) is 29.2 Å². The quantitative estimate of drug-likeness (QED) is 0.541. The molecule has 1 heterocycles. The molecule has 1 saturated heterocycles. The predicted octanol–water partition coefficient (Wildman–Crippen LogP) is 1.51. The summed E-state index contributed by atoms with van der Waals surface area (Å²) in [5.74, 6) is -2.18. The highest BCUT2D eigenvalue weighted by Gasteiger charge is 2.29. The maximum absolute atomic E-state index is 12.6. The number of sulfonamides is 1. The largest absolute Gasteiger partial charge is 0.481 e. The zero-order valence-corrected chi connectivity index (χ0v) is 17.4. The van der Waals surface area contributed by atoms with E-state index in [2.05, 4.69) is 10.9 Å². The van der Waals surface area contributed by atoms with Gasteiger partial charge >= 0.3 is 5.97 Å². The van der Waals surface area contributed by atoms with E-state index in [1.54, 1.807) is 13.8 Å². The molecule has 0 aromatic heterocycles. The summed E-state index contributed by atoms with van der Waals surface area (Å²) in [6.07, 6.45) is 1.87. The lowest BCUT2D eigenvalue weighted by Gasteiger charge is -2.25. The van der Waals surface area contributed by atoms with Crippen molar-refractivity contribution in [3.63, 3.8) is 0 Å². The lowest BCUT2D eigenvalue weighted by atomic mass is 9.80. The highest BCUT2D eigenvalue weighted by atomic mass is 32.2. The van der Waals surface area contributed by atoms with Crippen molar-refractivity contribution in [3.05, 3.63) is 29.8 Å². The minimum atomic E-state index is -3.65. The molecular formula is C19H27N3O6S. The molecule has 1 aliphatic rings. The maximum atomic E-state index is 12.6. The van der Waals surface area contributed by atoms with Crippen LogP contribution in [-0.4, -0.2) is 48.7 Å². The van der Waals surface area contributed by atoms with Gasteiger partial charge in [-0.05, 0) is 42.9 Å². The number of amides is 2. The van der Waals surface area contributed by atoms with E-state index in [1.807, 2.05) is 0 Å². The monoisotopic (exact) mass is 425 g/mol. The first-order chi connectivity index (χ1) is 13.6. The van der Waals surface area contributed by atoms with Crippen molar-refractivity contribution in [2.24, 2.45) is 5.41 Å². The van der Waals surface area contributed by atoms with Gasteiger partial charge in [-0.3, -0.25) is 25.2 Å². The fourth-order valence-corrected chi connectivity index (χ4v) is 4.75. The van der Waals surface area contributed by atoms with Gasteiger partial charge in [0.05, 0.1) is 11.3 Å². The van der Waals surface area contributed by atoms with E-state index in [0.717, 1.165) is 12.8 Å². The standard InChI is InChI=1S/C19H27N3O6S/c1-3-19(2,13-17(24)25)12-16(23)20-21-18(26)14-7-6-8-15(11-14)29(27,28)22-9-4-5-10-22/h6-8,11H,3-5,9-10,12-13H2,1-2H3,(H,20,23)(H,21,26)(H,24,25)/t19-/m0/s1. The second kappa shape index (κ2) is 9.36. The van der Waals surface area contributed by atoms with Gasteiger partial charge in [0.25, 0.3) is 5.91 Å². The fraction of sp³-hybridized carbons (Fsp3) is 0.526. The summed E-state index contributed by atoms with van der Waals surface area (Å²) >= 11 is 0. The minimum Gasteiger partial charge on any atom is -0.481 e.